The normalized spacial score (nSPS) is 13.4. The molecule has 36 heavy (non-hydrogen) atoms. The zero-order chi connectivity index (χ0) is 24.9. The molecule has 2 aromatic heterocycles. The summed E-state index contributed by atoms with van der Waals surface area (Å²) in [6, 6.07) is 30.9. The molecule has 0 unspecified atom stereocenters. The monoisotopic (exact) mass is 633 g/mol. The molecule has 0 N–H and O–H groups in total. The molecule has 0 saturated heterocycles. The third kappa shape index (κ3) is 4.35. The molecule has 1 aliphatic heterocycles. The van der Waals surface area contributed by atoms with E-state index in [1.807, 2.05) is 6.08 Å². The molecule has 6 rings (SSSR count). The van der Waals surface area contributed by atoms with Crippen LogP contribution in [0, 0.1) is 11.3 Å². The Hall–Kier alpha value is -2.68. The third-order valence-corrected chi connectivity index (χ3v) is 13.8. The van der Waals surface area contributed by atoms with Gasteiger partial charge < -0.3 is 0 Å². The number of nitrogens with zero attached hydrogens (tertiary/aromatic N) is 3. The Morgan fingerprint density at radius 1 is 0.944 bits per heavy atom. The summed E-state index contributed by atoms with van der Waals surface area (Å²) < 4.78 is 6.48. The fraction of sp³-hybridized carbons (Fsp3) is 0.103. The van der Waals surface area contributed by atoms with Crippen molar-refractivity contribution in [3.63, 3.8) is 0 Å². The summed E-state index contributed by atoms with van der Waals surface area (Å²) in [6.45, 7) is 7.07. The molecule has 3 nitrogen and oxygen atoms in total. The summed E-state index contributed by atoms with van der Waals surface area (Å²) in [5, 5.41) is 12.3. The topological polar surface area (TPSA) is 39.9 Å². The molecule has 3 aromatic carbocycles. The Labute approximate surface area is 228 Å². The number of rotatable bonds is 4. The molecule has 7 heteroatoms. The van der Waals surface area contributed by atoms with Gasteiger partial charge >= 0.3 is 230 Å². The van der Waals surface area contributed by atoms with E-state index in [0.717, 1.165) is 10.5 Å². The van der Waals surface area contributed by atoms with Gasteiger partial charge in [-0.3, -0.25) is 0 Å². The quantitative estimate of drug-likeness (QED) is 0.193. The van der Waals surface area contributed by atoms with Gasteiger partial charge in [-0.1, -0.05) is 0 Å². The van der Waals surface area contributed by atoms with E-state index in [1.165, 1.54) is 39.2 Å². The summed E-state index contributed by atoms with van der Waals surface area (Å²) >= 11 is 2.03. The second-order valence-corrected chi connectivity index (χ2v) is 20.3. The number of benzene rings is 3. The van der Waals surface area contributed by atoms with E-state index in [0.29, 0.717) is 20.5 Å². The molecule has 0 aliphatic carbocycles. The molecule has 0 fully saturated rings. The summed E-state index contributed by atoms with van der Waals surface area (Å²) in [5.41, 5.74) is 4.20. The van der Waals surface area contributed by atoms with Gasteiger partial charge in [-0.05, 0) is 0 Å². The van der Waals surface area contributed by atoms with Crippen LogP contribution < -0.4 is 19.0 Å². The number of anilines is 3. The molecular weight excluding hydrogens is 608 g/mol. The second kappa shape index (κ2) is 9.32. The maximum atomic E-state index is 10.0. The standard InChI is InChI=1S/C29H23N3SSe2Si/c1-36(2,3)21-13-14-22-25(17-21)33-29(31-22)19(18-30)16-20-12-15-28(34-20)32-23-8-4-6-10-26(23)35-27-11-7-5-9-24(27)32/h4-17H,1-3H3/b19-16+. The van der Waals surface area contributed by atoms with Crippen molar-refractivity contribution in [1.82, 2.24) is 4.98 Å². The molecule has 5 aromatic rings. The van der Waals surface area contributed by atoms with E-state index < -0.39 is 8.07 Å². The molecule has 1 aliphatic rings. The van der Waals surface area contributed by atoms with Crippen LogP contribution in [-0.2, 0) is 0 Å². The molecule has 0 atom stereocenters. The molecule has 0 radical (unpaired) electrons. The molecule has 0 spiro atoms. The first-order chi connectivity index (χ1) is 17.4. The number of nitriles is 1. The van der Waals surface area contributed by atoms with E-state index >= 15 is 0 Å². The van der Waals surface area contributed by atoms with E-state index in [1.54, 1.807) is 11.3 Å². The maximum absolute atomic E-state index is 10.0. The number of allylic oxidation sites excluding steroid dienone is 1. The van der Waals surface area contributed by atoms with E-state index in [4.69, 9.17) is 4.98 Å². The number of aromatic nitrogens is 1. The van der Waals surface area contributed by atoms with Gasteiger partial charge in [0.1, 0.15) is 0 Å². The van der Waals surface area contributed by atoms with Crippen molar-refractivity contribution in [2.75, 3.05) is 4.90 Å². The summed E-state index contributed by atoms with van der Waals surface area (Å²) in [7, 11) is -1.40. The van der Waals surface area contributed by atoms with Crippen LogP contribution in [0.2, 0.25) is 19.6 Å². The van der Waals surface area contributed by atoms with Crippen molar-refractivity contribution in [2.45, 2.75) is 19.6 Å². The zero-order valence-electron chi connectivity index (χ0n) is 20.1. The van der Waals surface area contributed by atoms with Crippen molar-refractivity contribution < 1.29 is 0 Å². The predicted octanol–water partition coefficient (Wildman–Crippen LogP) is 5.40. The first-order valence-electron chi connectivity index (χ1n) is 11.7. The average molecular weight is 632 g/mol. The van der Waals surface area contributed by atoms with Crippen LogP contribution in [0.1, 0.15) is 9.44 Å². The Kier molecular flexibility index (Phi) is 6.13. The number of hydrogen-bond donors (Lipinski definition) is 0. The first-order valence-corrected chi connectivity index (χ1v) is 19.4. The van der Waals surface area contributed by atoms with Crippen LogP contribution in [0.4, 0.5) is 15.9 Å². The fourth-order valence-electron chi connectivity index (χ4n) is 4.27. The van der Waals surface area contributed by atoms with Crippen molar-refractivity contribution in [3.05, 3.63) is 88.3 Å². The van der Waals surface area contributed by atoms with Crippen molar-refractivity contribution in [3.8, 4) is 6.07 Å². The number of hydrogen-bond acceptors (Lipinski definition) is 4. The number of thiazole rings is 1. The Morgan fingerprint density at radius 3 is 2.31 bits per heavy atom. The Balaban J connectivity index is 1.38. The van der Waals surface area contributed by atoms with Crippen LogP contribution in [0.15, 0.2) is 78.9 Å². The molecule has 0 amide bonds. The second-order valence-electron chi connectivity index (χ2n) is 9.67. The molecule has 176 valence electrons. The fourth-order valence-corrected chi connectivity index (χ4v) is 10.8. The molecular formula is C29H23N3SSe2Si. The van der Waals surface area contributed by atoms with Crippen molar-refractivity contribution >= 4 is 101 Å². The minimum absolute atomic E-state index is 0.0916. The average Bonchev–Trinajstić information content (AvgIpc) is 3.51. The van der Waals surface area contributed by atoms with Gasteiger partial charge in [0.05, 0.1) is 0 Å². The van der Waals surface area contributed by atoms with Crippen molar-refractivity contribution in [2.24, 2.45) is 0 Å². The van der Waals surface area contributed by atoms with Gasteiger partial charge in [-0.2, -0.15) is 0 Å². The number of para-hydroxylation sites is 2. The van der Waals surface area contributed by atoms with Gasteiger partial charge in [0.15, 0.2) is 0 Å². The van der Waals surface area contributed by atoms with Crippen LogP contribution in [0.3, 0.4) is 0 Å². The SMILES string of the molecule is C[Si](C)(C)c1ccc2nc(/C(C#N)=C/c3ccc(N4c5ccccc5[Se]c5ccccc54)[se]3)sc2c1. The Bertz CT molecular complexity index is 1640. The van der Waals surface area contributed by atoms with Gasteiger partial charge in [0, 0.05) is 0 Å². The van der Waals surface area contributed by atoms with Gasteiger partial charge in [0.25, 0.3) is 0 Å². The van der Waals surface area contributed by atoms with Gasteiger partial charge in [-0.15, -0.1) is 0 Å². The number of fused-ring (bicyclic) bond motifs is 3. The van der Waals surface area contributed by atoms with Crippen LogP contribution in [0.25, 0.3) is 21.9 Å². The van der Waals surface area contributed by atoms with Crippen LogP contribution in [0.5, 0.6) is 0 Å². The van der Waals surface area contributed by atoms with E-state index in [9.17, 15) is 5.26 Å². The summed E-state index contributed by atoms with van der Waals surface area (Å²) in [5.74, 6) is 0. The van der Waals surface area contributed by atoms with Crippen LogP contribution >= 0.6 is 11.3 Å². The van der Waals surface area contributed by atoms with Crippen LogP contribution in [-0.4, -0.2) is 42.5 Å². The zero-order valence-corrected chi connectivity index (χ0v) is 25.4. The molecule has 0 bridgehead atoms. The predicted molar refractivity (Wildman–Crippen MR) is 159 cm³/mol. The molecule has 0 saturated carbocycles. The third-order valence-electron chi connectivity index (χ3n) is 6.16. The van der Waals surface area contributed by atoms with E-state index in [2.05, 4.69) is 109 Å². The summed E-state index contributed by atoms with van der Waals surface area (Å²) in [4.78, 5) is 7.24. The Morgan fingerprint density at radius 2 is 1.64 bits per heavy atom. The van der Waals surface area contributed by atoms with E-state index in [-0.39, 0.29) is 14.5 Å². The molecule has 3 heterocycles. The first kappa shape index (κ1) is 23.7. The summed E-state index contributed by atoms with van der Waals surface area (Å²) in [6.07, 6.45) is 2.05. The minimum atomic E-state index is -1.40. The van der Waals surface area contributed by atoms with Crippen molar-refractivity contribution in [1.29, 1.82) is 5.26 Å². The van der Waals surface area contributed by atoms with Gasteiger partial charge in [0.2, 0.25) is 0 Å². The van der Waals surface area contributed by atoms with Gasteiger partial charge in [-0.25, -0.2) is 0 Å².